The molecule has 0 fully saturated rings. The zero-order valence-electron chi connectivity index (χ0n) is 26.5. The fourth-order valence-electron chi connectivity index (χ4n) is 3.27. The minimum Gasteiger partial charge on any atom is -0.907 e. The number of alkyl halides is 3. The number of rotatable bonds is 15. The van der Waals surface area contributed by atoms with Gasteiger partial charge < -0.3 is 28.5 Å². The van der Waals surface area contributed by atoms with Crippen LogP contribution >= 0.6 is 47.8 Å². The predicted molar refractivity (Wildman–Crippen MR) is 171 cm³/mol. The summed E-state index contributed by atoms with van der Waals surface area (Å²) in [6.45, 7) is 31.4. The van der Waals surface area contributed by atoms with E-state index in [1.807, 2.05) is 0 Å². The van der Waals surface area contributed by atoms with Gasteiger partial charge in [0, 0.05) is 0 Å². The van der Waals surface area contributed by atoms with Gasteiger partial charge in [-0.3, -0.25) is 7.32 Å². The van der Waals surface area contributed by atoms with Crippen molar-refractivity contribution >= 4 is 55.1 Å². The van der Waals surface area contributed by atoms with Gasteiger partial charge in [-0.2, -0.15) is 0 Å². The van der Waals surface area contributed by atoms with E-state index in [0.29, 0.717) is 14.5 Å². The SMILES string of the molecule is CCC(Br)C[N+](C)(CC)CC.CCC(Br)C[N+](C)(CC)CC.CCC(Br)C[N+](C)(CC)CC.[O-]B([O-])[O-]. The van der Waals surface area contributed by atoms with Gasteiger partial charge in [0.15, 0.2) is 0 Å². The zero-order chi connectivity index (χ0) is 30.3. The molecule has 3 unspecified atom stereocenters. The molecule has 0 saturated carbocycles. The Balaban J connectivity index is -0.000000205. The Hall–Kier alpha value is 1.26. The van der Waals surface area contributed by atoms with Gasteiger partial charge in [-0.1, -0.05) is 68.6 Å². The van der Waals surface area contributed by atoms with Crippen LogP contribution in [0.5, 0.6) is 0 Å². The van der Waals surface area contributed by atoms with Gasteiger partial charge in [0.1, 0.15) is 0 Å². The maximum atomic E-state index is 8.42. The highest BCUT2D eigenvalue weighted by Crippen LogP contribution is 2.13. The van der Waals surface area contributed by atoms with Crippen molar-refractivity contribution in [3.05, 3.63) is 0 Å². The molecule has 0 bridgehead atoms. The first-order valence-corrected chi connectivity index (χ1v) is 17.1. The molecule has 0 N–H and O–H groups in total. The summed E-state index contributed by atoms with van der Waals surface area (Å²) in [5.74, 6) is 0. The van der Waals surface area contributed by atoms with Crippen molar-refractivity contribution < 1.29 is 28.5 Å². The summed E-state index contributed by atoms with van der Waals surface area (Å²) in [6, 6.07) is 0. The smallest absolute Gasteiger partial charge is 0.0911 e. The first-order valence-electron chi connectivity index (χ1n) is 14.4. The van der Waals surface area contributed by atoms with Crippen LogP contribution in [0.3, 0.4) is 0 Å². The summed E-state index contributed by atoms with van der Waals surface area (Å²) in [5, 5.41) is 25.2. The van der Waals surface area contributed by atoms with E-state index in [2.05, 4.69) is 131 Å². The summed E-state index contributed by atoms with van der Waals surface area (Å²) in [7, 11) is 4.05. The molecular formula is C27H63BBr3N3O3. The van der Waals surface area contributed by atoms with Crippen LogP contribution in [0.1, 0.15) is 81.6 Å². The van der Waals surface area contributed by atoms with Crippen LogP contribution < -0.4 is 15.1 Å². The van der Waals surface area contributed by atoms with E-state index in [0.717, 1.165) is 0 Å². The Morgan fingerprint density at radius 1 is 0.459 bits per heavy atom. The summed E-state index contributed by atoms with van der Waals surface area (Å²) < 4.78 is 3.55. The lowest BCUT2D eigenvalue weighted by molar-refractivity contribution is -0.905. The van der Waals surface area contributed by atoms with Crippen LogP contribution in [0.15, 0.2) is 0 Å². The average molecular weight is 728 g/mol. The van der Waals surface area contributed by atoms with Crippen LogP contribution in [0.4, 0.5) is 0 Å². The Morgan fingerprint density at radius 3 is 0.676 bits per heavy atom. The molecule has 0 saturated heterocycles. The first kappa shape index (κ1) is 45.3. The molecule has 0 spiro atoms. The molecule has 0 aliphatic heterocycles. The molecular weight excluding hydrogens is 665 g/mol. The van der Waals surface area contributed by atoms with Crippen molar-refractivity contribution in [3.63, 3.8) is 0 Å². The van der Waals surface area contributed by atoms with E-state index in [-0.39, 0.29) is 0 Å². The molecule has 0 heterocycles. The highest BCUT2D eigenvalue weighted by atomic mass is 79.9. The van der Waals surface area contributed by atoms with Crippen LogP contribution in [0.2, 0.25) is 0 Å². The third-order valence-electron chi connectivity index (χ3n) is 7.83. The molecule has 37 heavy (non-hydrogen) atoms. The van der Waals surface area contributed by atoms with Gasteiger partial charge in [0.05, 0.1) is 94.5 Å². The summed E-state index contributed by atoms with van der Waals surface area (Å²) in [5.41, 5.74) is 0. The lowest BCUT2D eigenvalue weighted by atomic mass is 10.3. The normalized spacial score (nSPS) is 14.1. The molecule has 0 aromatic heterocycles. The maximum absolute atomic E-state index is 8.42. The highest BCUT2D eigenvalue weighted by Gasteiger charge is 2.21. The minimum absolute atomic E-state index is 0.687. The molecule has 0 radical (unpaired) electrons. The van der Waals surface area contributed by atoms with Crippen LogP contribution in [0.25, 0.3) is 0 Å². The van der Waals surface area contributed by atoms with Crippen LogP contribution in [-0.2, 0) is 0 Å². The van der Waals surface area contributed by atoms with Crippen molar-refractivity contribution in [1.82, 2.24) is 0 Å². The monoisotopic (exact) mass is 725 g/mol. The van der Waals surface area contributed by atoms with E-state index in [1.54, 1.807) is 0 Å². The second-order valence-corrected chi connectivity index (χ2v) is 14.5. The molecule has 3 atom stereocenters. The standard InChI is InChI=1S/3C9H21BrN.BO3/c3*1-5-9(10)8-11(4,6-2)7-3;2-1(3)4/h3*9H,5-8H2,1-4H3;/q3*+1;-3. The number of quaternary nitrogens is 3. The molecule has 0 aliphatic carbocycles. The maximum Gasteiger partial charge on any atom is 0.0911 e. The lowest BCUT2D eigenvalue weighted by Gasteiger charge is -2.35. The number of hydrogen-bond acceptors (Lipinski definition) is 3. The van der Waals surface area contributed by atoms with Crippen LogP contribution in [-0.4, -0.2) is 115 Å². The molecule has 6 nitrogen and oxygen atoms in total. The largest absolute Gasteiger partial charge is 0.907 e. The highest BCUT2D eigenvalue weighted by molar-refractivity contribution is 9.10. The molecule has 0 amide bonds. The Kier molecular flexibility index (Phi) is 32.0. The second-order valence-electron chi connectivity index (χ2n) is 10.6. The topological polar surface area (TPSA) is 69.2 Å². The Labute approximate surface area is 258 Å². The Bertz CT molecular complexity index is 418. The second kappa shape index (κ2) is 26.2. The first-order chi connectivity index (χ1) is 17.0. The van der Waals surface area contributed by atoms with E-state index in [1.165, 1.54) is 91.6 Å². The third kappa shape index (κ3) is 28.6. The summed E-state index contributed by atoms with van der Waals surface area (Å²) >= 11 is 11.0. The van der Waals surface area contributed by atoms with E-state index >= 15 is 0 Å². The molecule has 0 aliphatic rings. The Morgan fingerprint density at radius 2 is 0.595 bits per heavy atom. The fraction of sp³-hybridized carbons (Fsp3) is 1.00. The quantitative estimate of drug-likeness (QED) is 0.146. The van der Waals surface area contributed by atoms with Gasteiger partial charge >= 0.3 is 0 Å². The van der Waals surface area contributed by atoms with Gasteiger partial charge in [-0.15, -0.1) is 0 Å². The molecule has 0 aromatic carbocycles. The molecule has 0 rings (SSSR count). The molecule has 0 aromatic rings. The average Bonchev–Trinajstić information content (AvgIpc) is 2.88. The lowest BCUT2D eigenvalue weighted by Crippen LogP contribution is -2.56. The van der Waals surface area contributed by atoms with Crippen molar-refractivity contribution in [2.75, 3.05) is 80.0 Å². The van der Waals surface area contributed by atoms with Gasteiger partial charge in [-0.05, 0) is 60.8 Å². The summed E-state index contributed by atoms with van der Waals surface area (Å²) in [4.78, 5) is 2.06. The summed E-state index contributed by atoms with van der Waals surface area (Å²) in [6.07, 6.45) is 3.69. The minimum atomic E-state index is -2.92. The number of hydrogen-bond donors (Lipinski definition) is 0. The molecule has 228 valence electrons. The molecule has 10 heteroatoms. The van der Waals surface area contributed by atoms with E-state index < -0.39 is 7.32 Å². The van der Waals surface area contributed by atoms with E-state index in [4.69, 9.17) is 15.1 Å². The van der Waals surface area contributed by atoms with Crippen molar-refractivity contribution in [2.45, 2.75) is 96.1 Å². The van der Waals surface area contributed by atoms with Crippen molar-refractivity contribution in [1.29, 1.82) is 0 Å². The zero-order valence-corrected chi connectivity index (χ0v) is 31.3. The third-order valence-corrected chi connectivity index (χ3v) is 10.6. The predicted octanol–water partition coefficient (Wildman–Crippen LogP) is 3.99. The van der Waals surface area contributed by atoms with Gasteiger partial charge in [0.25, 0.3) is 0 Å². The van der Waals surface area contributed by atoms with E-state index in [9.17, 15) is 0 Å². The number of halogens is 3. The van der Waals surface area contributed by atoms with Crippen LogP contribution in [0, 0.1) is 0 Å². The van der Waals surface area contributed by atoms with Gasteiger partial charge in [0.2, 0.25) is 0 Å². The van der Waals surface area contributed by atoms with Gasteiger partial charge in [-0.25, -0.2) is 0 Å². The van der Waals surface area contributed by atoms with Crippen molar-refractivity contribution in [3.8, 4) is 0 Å². The fourth-order valence-corrected chi connectivity index (χ4v) is 5.36. The van der Waals surface area contributed by atoms with Crippen molar-refractivity contribution in [2.24, 2.45) is 0 Å². The number of nitrogens with zero attached hydrogens (tertiary/aromatic N) is 3.